The molecule has 0 radical (unpaired) electrons. The standard InChI is InChI=1S/C17H25N3/c1-2-3-4-5-6-7-11-20-16-9-8-14-13-19-12-10-15(14)17(16)18/h8-10,12-13,20H,2-7,11,18H2,1H3. The molecule has 0 aliphatic carbocycles. The smallest absolute Gasteiger partial charge is 0.0630 e. The van der Waals surface area contributed by atoms with Crippen LogP contribution in [0.5, 0.6) is 0 Å². The number of aromatic nitrogens is 1. The van der Waals surface area contributed by atoms with Crippen LogP contribution in [0.2, 0.25) is 0 Å². The van der Waals surface area contributed by atoms with E-state index in [1.807, 2.05) is 12.3 Å². The average molecular weight is 271 g/mol. The summed E-state index contributed by atoms with van der Waals surface area (Å²) in [5, 5.41) is 5.62. The second-order valence-corrected chi connectivity index (χ2v) is 5.32. The molecule has 0 fully saturated rings. The SMILES string of the molecule is CCCCCCCCNc1ccc2cnccc2c1N. The van der Waals surface area contributed by atoms with E-state index in [2.05, 4.69) is 29.4 Å². The summed E-state index contributed by atoms with van der Waals surface area (Å²) in [6, 6.07) is 6.10. The Kier molecular flexibility index (Phi) is 5.66. The molecule has 2 aromatic rings. The van der Waals surface area contributed by atoms with Gasteiger partial charge in [-0.2, -0.15) is 0 Å². The summed E-state index contributed by atoms with van der Waals surface area (Å²) in [6.07, 6.45) is 11.5. The lowest BCUT2D eigenvalue weighted by molar-refractivity contribution is 0.617. The lowest BCUT2D eigenvalue weighted by atomic mass is 10.1. The highest BCUT2D eigenvalue weighted by Gasteiger charge is 2.03. The van der Waals surface area contributed by atoms with E-state index in [9.17, 15) is 0 Å². The molecule has 0 unspecified atom stereocenters. The van der Waals surface area contributed by atoms with Gasteiger partial charge in [-0.05, 0) is 18.6 Å². The molecule has 20 heavy (non-hydrogen) atoms. The second-order valence-electron chi connectivity index (χ2n) is 5.32. The molecule has 1 aromatic carbocycles. The van der Waals surface area contributed by atoms with Crippen LogP contribution < -0.4 is 11.1 Å². The molecule has 0 aliphatic rings. The van der Waals surface area contributed by atoms with E-state index in [-0.39, 0.29) is 0 Å². The van der Waals surface area contributed by atoms with Crippen LogP contribution in [0.15, 0.2) is 30.6 Å². The van der Waals surface area contributed by atoms with Gasteiger partial charge in [-0.15, -0.1) is 0 Å². The van der Waals surface area contributed by atoms with E-state index in [0.717, 1.165) is 28.7 Å². The van der Waals surface area contributed by atoms with Crippen LogP contribution in [0, 0.1) is 0 Å². The van der Waals surface area contributed by atoms with Crippen molar-refractivity contribution in [1.82, 2.24) is 4.98 Å². The van der Waals surface area contributed by atoms with Crippen molar-refractivity contribution in [3.8, 4) is 0 Å². The quantitative estimate of drug-likeness (QED) is 0.545. The summed E-state index contributed by atoms with van der Waals surface area (Å²) in [5.74, 6) is 0. The molecular weight excluding hydrogens is 246 g/mol. The fourth-order valence-electron chi connectivity index (χ4n) is 2.48. The number of nitrogen functional groups attached to an aromatic ring is 1. The molecule has 108 valence electrons. The van der Waals surface area contributed by atoms with Crippen LogP contribution in [0.1, 0.15) is 45.4 Å². The van der Waals surface area contributed by atoms with Crippen LogP contribution in [0.4, 0.5) is 11.4 Å². The molecular formula is C17H25N3. The van der Waals surface area contributed by atoms with E-state index in [4.69, 9.17) is 5.73 Å². The summed E-state index contributed by atoms with van der Waals surface area (Å²) in [7, 11) is 0. The predicted molar refractivity (Wildman–Crippen MR) is 88.0 cm³/mol. The van der Waals surface area contributed by atoms with E-state index >= 15 is 0 Å². The van der Waals surface area contributed by atoms with Crippen molar-refractivity contribution < 1.29 is 0 Å². The van der Waals surface area contributed by atoms with Gasteiger partial charge in [-0.3, -0.25) is 4.98 Å². The van der Waals surface area contributed by atoms with Gasteiger partial charge in [0.2, 0.25) is 0 Å². The van der Waals surface area contributed by atoms with Gasteiger partial charge < -0.3 is 11.1 Å². The Hall–Kier alpha value is -1.77. The molecule has 1 heterocycles. The largest absolute Gasteiger partial charge is 0.397 e. The van der Waals surface area contributed by atoms with Crippen molar-refractivity contribution >= 4 is 22.1 Å². The van der Waals surface area contributed by atoms with Crippen LogP contribution in [-0.4, -0.2) is 11.5 Å². The Morgan fingerprint density at radius 3 is 2.70 bits per heavy atom. The van der Waals surface area contributed by atoms with Crippen LogP contribution in [0.3, 0.4) is 0 Å². The Bertz CT molecular complexity index is 537. The van der Waals surface area contributed by atoms with Gasteiger partial charge in [0, 0.05) is 29.7 Å². The van der Waals surface area contributed by atoms with Gasteiger partial charge in [0.15, 0.2) is 0 Å². The fourth-order valence-corrected chi connectivity index (χ4v) is 2.48. The lowest BCUT2D eigenvalue weighted by Crippen LogP contribution is -2.04. The summed E-state index contributed by atoms with van der Waals surface area (Å²) in [6.45, 7) is 3.24. The minimum Gasteiger partial charge on any atom is -0.397 e. The third-order valence-corrected chi connectivity index (χ3v) is 3.71. The van der Waals surface area contributed by atoms with E-state index in [1.54, 1.807) is 6.20 Å². The first kappa shape index (κ1) is 14.6. The summed E-state index contributed by atoms with van der Waals surface area (Å²) in [4.78, 5) is 4.12. The van der Waals surface area contributed by atoms with Gasteiger partial charge in [-0.25, -0.2) is 0 Å². The van der Waals surface area contributed by atoms with Crippen molar-refractivity contribution in [3.05, 3.63) is 30.6 Å². The van der Waals surface area contributed by atoms with E-state index in [1.165, 1.54) is 38.5 Å². The molecule has 3 heteroatoms. The van der Waals surface area contributed by atoms with Crippen molar-refractivity contribution in [1.29, 1.82) is 0 Å². The van der Waals surface area contributed by atoms with Gasteiger partial charge in [0.05, 0.1) is 11.4 Å². The Morgan fingerprint density at radius 2 is 1.85 bits per heavy atom. The molecule has 0 saturated heterocycles. The van der Waals surface area contributed by atoms with Crippen LogP contribution in [-0.2, 0) is 0 Å². The van der Waals surface area contributed by atoms with Crippen LogP contribution >= 0.6 is 0 Å². The number of hydrogen-bond donors (Lipinski definition) is 2. The normalized spacial score (nSPS) is 10.8. The van der Waals surface area contributed by atoms with Crippen molar-refractivity contribution in [2.45, 2.75) is 45.4 Å². The number of rotatable bonds is 8. The molecule has 0 spiro atoms. The van der Waals surface area contributed by atoms with Gasteiger partial charge >= 0.3 is 0 Å². The van der Waals surface area contributed by atoms with E-state index < -0.39 is 0 Å². The molecule has 2 rings (SSSR count). The number of nitrogens with one attached hydrogen (secondary N) is 1. The zero-order chi connectivity index (χ0) is 14.2. The number of pyridine rings is 1. The number of unbranched alkanes of at least 4 members (excludes halogenated alkanes) is 5. The Labute approximate surface area is 121 Å². The molecule has 3 nitrogen and oxygen atoms in total. The molecule has 0 atom stereocenters. The highest BCUT2D eigenvalue weighted by Crippen LogP contribution is 2.27. The maximum atomic E-state index is 6.21. The minimum absolute atomic E-state index is 0.830. The summed E-state index contributed by atoms with van der Waals surface area (Å²) >= 11 is 0. The maximum absolute atomic E-state index is 6.21. The van der Waals surface area contributed by atoms with Crippen LogP contribution in [0.25, 0.3) is 10.8 Å². The highest BCUT2D eigenvalue weighted by molar-refractivity contribution is 5.98. The minimum atomic E-state index is 0.830. The molecule has 0 aliphatic heterocycles. The van der Waals surface area contributed by atoms with Crippen molar-refractivity contribution in [3.63, 3.8) is 0 Å². The molecule has 0 saturated carbocycles. The summed E-state index contributed by atoms with van der Waals surface area (Å²) in [5.41, 5.74) is 8.08. The van der Waals surface area contributed by atoms with Gasteiger partial charge in [0.25, 0.3) is 0 Å². The topological polar surface area (TPSA) is 50.9 Å². The Balaban J connectivity index is 1.83. The number of fused-ring (bicyclic) bond motifs is 1. The zero-order valence-electron chi connectivity index (χ0n) is 12.4. The first-order chi connectivity index (χ1) is 9.83. The monoisotopic (exact) mass is 271 g/mol. The third-order valence-electron chi connectivity index (χ3n) is 3.71. The second kappa shape index (κ2) is 7.73. The first-order valence-corrected chi connectivity index (χ1v) is 7.69. The van der Waals surface area contributed by atoms with Gasteiger partial charge in [-0.1, -0.05) is 45.1 Å². The van der Waals surface area contributed by atoms with Gasteiger partial charge in [0.1, 0.15) is 0 Å². The summed E-state index contributed by atoms with van der Waals surface area (Å²) < 4.78 is 0. The number of benzene rings is 1. The molecule has 1 aromatic heterocycles. The highest BCUT2D eigenvalue weighted by atomic mass is 14.9. The maximum Gasteiger partial charge on any atom is 0.0630 e. The lowest BCUT2D eigenvalue weighted by Gasteiger charge is -2.11. The van der Waals surface area contributed by atoms with E-state index in [0.29, 0.717) is 0 Å². The molecule has 0 amide bonds. The number of anilines is 2. The van der Waals surface area contributed by atoms with Crippen molar-refractivity contribution in [2.24, 2.45) is 0 Å². The first-order valence-electron chi connectivity index (χ1n) is 7.69. The molecule has 3 N–H and O–H groups in total. The predicted octanol–water partition coefficient (Wildman–Crippen LogP) is 4.59. The fraction of sp³-hybridized carbons (Fsp3) is 0.471. The molecule has 0 bridgehead atoms. The average Bonchev–Trinajstić information content (AvgIpc) is 2.49. The third kappa shape index (κ3) is 3.86. The number of nitrogens with two attached hydrogens (primary N) is 1. The van der Waals surface area contributed by atoms with Crippen molar-refractivity contribution in [2.75, 3.05) is 17.6 Å². The Morgan fingerprint density at radius 1 is 1.05 bits per heavy atom. The number of hydrogen-bond acceptors (Lipinski definition) is 3. The zero-order valence-corrected chi connectivity index (χ0v) is 12.4. The number of nitrogens with zero attached hydrogens (tertiary/aromatic N) is 1.